The summed E-state index contributed by atoms with van der Waals surface area (Å²) in [5, 5.41) is 0.624. The summed E-state index contributed by atoms with van der Waals surface area (Å²) in [5.74, 6) is 0.304. The van der Waals surface area contributed by atoms with E-state index in [0.29, 0.717) is 17.5 Å². The molecule has 0 bridgehead atoms. The van der Waals surface area contributed by atoms with Gasteiger partial charge in [0.15, 0.2) is 0 Å². The second-order valence-electron chi connectivity index (χ2n) is 5.86. The molecule has 0 aromatic carbocycles. The maximum Gasteiger partial charge on any atom is 0.280 e. The normalized spacial score (nSPS) is 15.9. The van der Waals surface area contributed by atoms with Crippen molar-refractivity contribution in [1.29, 1.82) is 0 Å². The van der Waals surface area contributed by atoms with E-state index in [2.05, 4.69) is 14.9 Å². The Hall–Kier alpha value is -2.02. The summed E-state index contributed by atoms with van der Waals surface area (Å²) < 4.78 is 26.5. The molecule has 5 nitrogen and oxygen atoms in total. The Morgan fingerprint density at radius 3 is 2.71 bits per heavy atom. The standard InChI is InChI=1S/C16H17ClF2N4O/c17-12-8-20-4-1-14(12)22-5-2-11(3-6-22)9-23-10-21-13(16(18)19)7-15(23)24/h1,4,7-8,10-11,16H,2-3,5-6,9H2. The third kappa shape index (κ3) is 3.72. The van der Waals surface area contributed by atoms with Gasteiger partial charge in [-0.25, -0.2) is 13.8 Å². The van der Waals surface area contributed by atoms with E-state index in [1.54, 1.807) is 12.4 Å². The molecule has 3 heterocycles. The molecule has 0 N–H and O–H groups in total. The average molecular weight is 355 g/mol. The first-order valence-electron chi connectivity index (χ1n) is 7.73. The molecule has 1 aliphatic rings. The van der Waals surface area contributed by atoms with Crippen LogP contribution in [0.15, 0.2) is 35.6 Å². The molecule has 1 aliphatic heterocycles. The first kappa shape index (κ1) is 16.8. The van der Waals surface area contributed by atoms with E-state index < -0.39 is 17.7 Å². The lowest BCUT2D eigenvalue weighted by molar-refractivity contribution is 0.145. The number of anilines is 1. The van der Waals surface area contributed by atoms with Crippen molar-refractivity contribution in [2.75, 3.05) is 18.0 Å². The largest absolute Gasteiger partial charge is 0.370 e. The molecule has 0 saturated carbocycles. The first-order chi connectivity index (χ1) is 11.5. The van der Waals surface area contributed by atoms with Crippen LogP contribution in [0.25, 0.3) is 0 Å². The molecule has 24 heavy (non-hydrogen) atoms. The topological polar surface area (TPSA) is 51.0 Å². The monoisotopic (exact) mass is 354 g/mol. The van der Waals surface area contributed by atoms with Gasteiger partial charge in [0.2, 0.25) is 0 Å². The minimum absolute atomic E-state index is 0.304. The van der Waals surface area contributed by atoms with Crippen LogP contribution in [-0.4, -0.2) is 27.6 Å². The highest BCUT2D eigenvalue weighted by Gasteiger charge is 2.22. The van der Waals surface area contributed by atoms with Gasteiger partial charge >= 0.3 is 0 Å². The zero-order valence-corrected chi connectivity index (χ0v) is 13.7. The molecule has 0 radical (unpaired) electrons. The Labute approximate surface area is 142 Å². The zero-order valence-electron chi connectivity index (χ0n) is 12.9. The molecule has 0 amide bonds. The molecule has 1 saturated heterocycles. The summed E-state index contributed by atoms with van der Waals surface area (Å²) in [6.07, 6.45) is 3.61. The van der Waals surface area contributed by atoms with Gasteiger partial charge < -0.3 is 4.90 Å². The van der Waals surface area contributed by atoms with Crippen molar-refractivity contribution in [3.05, 3.63) is 51.9 Å². The van der Waals surface area contributed by atoms with Crippen LogP contribution < -0.4 is 10.5 Å². The van der Waals surface area contributed by atoms with Crippen LogP contribution in [0.5, 0.6) is 0 Å². The van der Waals surface area contributed by atoms with Crippen molar-refractivity contribution in [3.8, 4) is 0 Å². The number of alkyl halides is 2. The zero-order chi connectivity index (χ0) is 17.1. The fraction of sp³-hybridized carbons (Fsp3) is 0.438. The van der Waals surface area contributed by atoms with E-state index in [4.69, 9.17) is 11.6 Å². The highest BCUT2D eigenvalue weighted by molar-refractivity contribution is 6.33. The molecule has 0 spiro atoms. The molecule has 0 unspecified atom stereocenters. The lowest BCUT2D eigenvalue weighted by Gasteiger charge is -2.34. The third-order valence-corrected chi connectivity index (χ3v) is 4.58. The third-order valence-electron chi connectivity index (χ3n) is 4.29. The van der Waals surface area contributed by atoms with Crippen LogP contribution in [0.2, 0.25) is 5.02 Å². The molecule has 8 heteroatoms. The summed E-state index contributed by atoms with van der Waals surface area (Å²) in [6.45, 7) is 2.14. The van der Waals surface area contributed by atoms with Gasteiger partial charge in [0.1, 0.15) is 5.69 Å². The first-order valence-corrected chi connectivity index (χ1v) is 8.11. The summed E-state index contributed by atoms with van der Waals surface area (Å²) >= 11 is 6.17. The molecule has 0 atom stereocenters. The van der Waals surface area contributed by atoms with Gasteiger partial charge in [-0.1, -0.05) is 11.6 Å². The lowest BCUT2D eigenvalue weighted by atomic mass is 9.96. The molecule has 128 valence electrons. The number of hydrogen-bond donors (Lipinski definition) is 0. The molecular formula is C16H17ClF2N4O. The van der Waals surface area contributed by atoms with E-state index in [0.717, 1.165) is 37.7 Å². The number of pyridine rings is 1. The van der Waals surface area contributed by atoms with Crippen molar-refractivity contribution < 1.29 is 8.78 Å². The number of rotatable bonds is 4. The predicted octanol–water partition coefficient (Wildman–Crippen LogP) is 3.15. The summed E-state index contributed by atoms with van der Waals surface area (Å²) in [6, 6.07) is 2.80. The van der Waals surface area contributed by atoms with Gasteiger partial charge in [-0.2, -0.15) is 0 Å². The van der Waals surface area contributed by atoms with E-state index in [1.165, 1.54) is 10.9 Å². The highest BCUT2D eigenvalue weighted by atomic mass is 35.5. The minimum atomic E-state index is -2.72. The summed E-state index contributed by atoms with van der Waals surface area (Å²) in [7, 11) is 0. The fourth-order valence-electron chi connectivity index (χ4n) is 2.96. The van der Waals surface area contributed by atoms with Crippen LogP contribution in [-0.2, 0) is 6.54 Å². The second-order valence-corrected chi connectivity index (χ2v) is 6.27. The van der Waals surface area contributed by atoms with Crippen LogP contribution in [0.1, 0.15) is 25.0 Å². The Kier molecular flexibility index (Phi) is 5.08. The number of aromatic nitrogens is 3. The van der Waals surface area contributed by atoms with E-state index in [-0.39, 0.29) is 0 Å². The summed E-state index contributed by atoms with van der Waals surface area (Å²) in [5.41, 5.74) is 0.0588. The van der Waals surface area contributed by atoms with Crippen molar-refractivity contribution in [2.45, 2.75) is 25.8 Å². The predicted molar refractivity (Wildman–Crippen MR) is 87.6 cm³/mol. The van der Waals surface area contributed by atoms with Gasteiger partial charge in [-0.15, -0.1) is 0 Å². The number of piperidine rings is 1. The van der Waals surface area contributed by atoms with Crippen LogP contribution in [0.3, 0.4) is 0 Å². The lowest BCUT2D eigenvalue weighted by Crippen LogP contribution is -2.36. The molecule has 3 rings (SSSR count). The van der Waals surface area contributed by atoms with Crippen LogP contribution in [0.4, 0.5) is 14.5 Å². The van der Waals surface area contributed by atoms with E-state index in [1.807, 2.05) is 6.07 Å². The Morgan fingerprint density at radius 2 is 2.08 bits per heavy atom. The smallest absolute Gasteiger partial charge is 0.280 e. The van der Waals surface area contributed by atoms with E-state index >= 15 is 0 Å². The minimum Gasteiger partial charge on any atom is -0.370 e. The number of halogens is 3. The van der Waals surface area contributed by atoms with Gasteiger partial charge in [-0.05, 0) is 24.8 Å². The van der Waals surface area contributed by atoms with Gasteiger partial charge in [0.05, 0.1) is 17.0 Å². The highest BCUT2D eigenvalue weighted by Crippen LogP contribution is 2.29. The molecule has 2 aromatic rings. The maximum atomic E-state index is 12.5. The number of hydrogen-bond acceptors (Lipinski definition) is 4. The molecule has 1 fully saturated rings. The summed E-state index contributed by atoms with van der Waals surface area (Å²) in [4.78, 5) is 21.7. The maximum absolute atomic E-state index is 12.5. The molecule has 0 aliphatic carbocycles. The Bertz CT molecular complexity index is 760. The van der Waals surface area contributed by atoms with E-state index in [9.17, 15) is 13.6 Å². The van der Waals surface area contributed by atoms with Crippen LogP contribution in [0, 0.1) is 5.92 Å². The Balaban J connectivity index is 1.62. The second kappa shape index (κ2) is 7.25. The average Bonchev–Trinajstić information content (AvgIpc) is 2.58. The quantitative estimate of drug-likeness (QED) is 0.846. The van der Waals surface area contributed by atoms with Crippen LogP contribution >= 0.6 is 11.6 Å². The van der Waals surface area contributed by atoms with Crippen molar-refractivity contribution in [3.63, 3.8) is 0 Å². The SMILES string of the molecule is O=c1cc(C(F)F)ncn1CC1CCN(c2ccncc2Cl)CC1. The van der Waals surface area contributed by atoms with Gasteiger partial charge in [0.25, 0.3) is 12.0 Å². The van der Waals surface area contributed by atoms with Gasteiger partial charge in [-0.3, -0.25) is 14.3 Å². The van der Waals surface area contributed by atoms with Crippen molar-refractivity contribution >= 4 is 17.3 Å². The molecule has 2 aromatic heterocycles. The van der Waals surface area contributed by atoms with Crippen molar-refractivity contribution in [1.82, 2.24) is 14.5 Å². The van der Waals surface area contributed by atoms with Crippen molar-refractivity contribution in [2.24, 2.45) is 5.92 Å². The van der Waals surface area contributed by atoms with Gasteiger partial charge in [0, 0.05) is 38.1 Å². The fourth-order valence-corrected chi connectivity index (χ4v) is 3.19. The number of nitrogens with zero attached hydrogens (tertiary/aromatic N) is 4. The molecular weight excluding hydrogens is 338 g/mol. The Morgan fingerprint density at radius 1 is 1.33 bits per heavy atom.